The molecule has 4 heteroatoms. The molecule has 0 radical (unpaired) electrons. The Morgan fingerprint density at radius 1 is 1.12 bits per heavy atom. The first-order chi connectivity index (χ1) is 12.5. The van der Waals surface area contributed by atoms with Crippen molar-refractivity contribution in [3.8, 4) is 0 Å². The largest absolute Gasteiger partial charge is 0.341 e. The Hall–Kier alpha value is -2.62. The highest BCUT2D eigenvalue weighted by Gasteiger charge is 2.38. The van der Waals surface area contributed by atoms with Crippen LogP contribution in [0.15, 0.2) is 54.6 Å². The van der Waals surface area contributed by atoms with Gasteiger partial charge in [-0.1, -0.05) is 56.3 Å². The molecule has 1 atom stereocenters. The molecular weight excluding hydrogens is 324 g/mol. The molecule has 0 spiro atoms. The number of amides is 2. The van der Waals surface area contributed by atoms with E-state index in [1.54, 1.807) is 16.8 Å². The molecule has 0 aliphatic carbocycles. The van der Waals surface area contributed by atoms with E-state index >= 15 is 0 Å². The van der Waals surface area contributed by atoms with Crippen LogP contribution in [0.3, 0.4) is 0 Å². The summed E-state index contributed by atoms with van der Waals surface area (Å²) in [7, 11) is 1.77. The summed E-state index contributed by atoms with van der Waals surface area (Å²) >= 11 is 0. The van der Waals surface area contributed by atoms with Crippen LogP contribution in [-0.2, 0) is 16.1 Å². The van der Waals surface area contributed by atoms with Crippen LogP contribution in [0.25, 0.3) is 0 Å². The molecule has 1 heterocycles. The van der Waals surface area contributed by atoms with Gasteiger partial charge in [0.2, 0.25) is 11.8 Å². The Morgan fingerprint density at radius 2 is 1.77 bits per heavy atom. The van der Waals surface area contributed by atoms with Crippen LogP contribution in [0.1, 0.15) is 37.3 Å². The maximum Gasteiger partial charge on any atom is 0.239 e. The average molecular weight is 350 g/mol. The summed E-state index contributed by atoms with van der Waals surface area (Å²) in [5, 5.41) is 0. The lowest BCUT2D eigenvalue weighted by Gasteiger charge is -2.21. The van der Waals surface area contributed by atoms with Gasteiger partial charge < -0.3 is 9.80 Å². The van der Waals surface area contributed by atoms with E-state index in [9.17, 15) is 9.59 Å². The molecule has 3 rings (SSSR count). The maximum absolute atomic E-state index is 12.8. The van der Waals surface area contributed by atoms with Gasteiger partial charge in [-0.15, -0.1) is 0 Å². The zero-order valence-electron chi connectivity index (χ0n) is 15.7. The van der Waals surface area contributed by atoms with Crippen molar-refractivity contribution in [2.75, 3.05) is 18.5 Å². The molecule has 2 aromatic rings. The first kappa shape index (κ1) is 18.2. The second kappa shape index (κ2) is 7.73. The topological polar surface area (TPSA) is 40.6 Å². The van der Waals surface area contributed by atoms with Gasteiger partial charge in [0.15, 0.2) is 0 Å². The van der Waals surface area contributed by atoms with E-state index in [1.165, 1.54) is 5.56 Å². The van der Waals surface area contributed by atoms with E-state index < -0.39 is 5.92 Å². The first-order valence-electron chi connectivity index (χ1n) is 9.17. The number of benzene rings is 2. The van der Waals surface area contributed by atoms with Gasteiger partial charge in [0, 0.05) is 25.8 Å². The van der Waals surface area contributed by atoms with Crippen molar-refractivity contribution in [1.82, 2.24) is 4.90 Å². The lowest BCUT2D eigenvalue weighted by Crippen LogP contribution is -2.37. The third-order valence-electron chi connectivity index (χ3n) is 5.01. The van der Waals surface area contributed by atoms with Gasteiger partial charge in [0.1, 0.15) is 5.92 Å². The average Bonchev–Trinajstić information content (AvgIpc) is 3.03. The molecule has 0 aromatic heterocycles. The minimum absolute atomic E-state index is 0.0905. The molecule has 0 bridgehead atoms. The summed E-state index contributed by atoms with van der Waals surface area (Å²) in [4.78, 5) is 29.0. The van der Waals surface area contributed by atoms with Crippen LogP contribution >= 0.6 is 0 Å². The standard InChI is InChI=1S/C22H26N2O2/c1-16(2)18-9-11-19(12-10-18)24-14-13-20(22(24)26)21(25)23(3)15-17-7-5-4-6-8-17/h4-12,16,20H,13-15H2,1-3H3. The molecule has 0 saturated carbocycles. The van der Waals surface area contributed by atoms with Crippen LogP contribution in [0.2, 0.25) is 0 Å². The van der Waals surface area contributed by atoms with Crippen LogP contribution in [0, 0.1) is 5.92 Å². The maximum atomic E-state index is 12.8. The molecule has 2 aromatic carbocycles. The fraction of sp³-hybridized carbons (Fsp3) is 0.364. The molecule has 2 amide bonds. The summed E-state index contributed by atoms with van der Waals surface area (Å²) < 4.78 is 0. The highest BCUT2D eigenvalue weighted by molar-refractivity contribution is 6.09. The highest BCUT2D eigenvalue weighted by atomic mass is 16.2. The number of hydrogen-bond acceptors (Lipinski definition) is 2. The lowest BCUT2D eigenvalue weighted by atomic mass is 10.0. The molecule has 1 aliphatic heterocycles. The Kier molecular flexibility index (Phi) is 5.40. The van der Waals surface area contributed by atoms with Crippen molar-refractivity contribution < 1.29 is 9.59 Å². The SMILES string of the molecule is CC(C)c1ccc(N2CCC(C(=O)N(C)Cc3ccccc3)C2=O)cc1. The van der Waals surface area contributed by atoms with Gasteiger partial charge in [-0.25, -0.2) is 0 Å². The molecular formula is C22H26N2O2. The molecule has 1 unspecified atom stereocenters. The predicted molar refractivity (Wildman–Crippen MR) is 104 cm³/mol. The smallest absolute Gasteiger partial charge is 0.239 e. The van der Waals surface area contributed by atoms with Crippen molar-refractivity contribution in [3.63, 3.8) is 0 Å². The second-order valence-corrected chi connectivity index (χ2v) is 7.26. The molecule has 1 saturated heterocycles. The summed E-state index contributed by atoms with van der Waals surface area (Å²) in [6.07, 6.45) is 0.572. The van der Waals surface area contributed by atoms with E-state index in [4.69, 9.17) is 0 Å². The second-order valence-electron chi connectivity index (χ2n) is 7.26. The van der Waals surface area contributed by atoms with Crippen LogP contribution in [0.5, 0.6) is 0 Å². The zero-order chi connectivity index (χ0) is 18.7. The van der Waals surface area contributed by atoms with Crippen molar-refractivity contribution in [2.45, 2.75) is 32.7 Å². The van der Waals surface area contributed by atoms with Crippen molar-refractivity contribution in [2.24, 2.45) is 5.92 Å². The minimum atomic E-state index is -0.575. The number of hydrogen-bond donors (Lipinski definition) is 0. The van der Waals surface area contributed by atoms with Gasteiger partial charge in [0.25, 0.3) is 0 Å². The quantitative estimate of drug-likeness (QED) is 0.769. The number of rotatable bonds is 5. The number of anilines is 1. The Labute approximate surface area is 155 Å². The highest BCUT2D eigenvalue weighted by Crippen LogP contribution is 2.28. The molecule has 4 nitrogen and oxygen atoms in total. The van der Waals surface area contributed by atoms with E-state index in [1.807, 2.05) is 42.5 Å². The Bertz CT molecular complexity index is 768. The van der Waals surface area contributed by atoms with Crippen molar-refractivity contribution in [3.05, 3.63) is 65.7 Å². The fourth-order valence-electron chi connectivity index (χ4n) is 3.41. The van der Waals surface area contributed by atoms with Crippen LogP contribution in [0.4, 0.5) is 5.69 Å². The monoisotopic (exact) mass is 350 g/mol. The third kappa shape index (κ3) is 3.79. The van der Waals surface area contributed by atoms with E-state index in [2.05, 4.69) is 26.0 Å². The number of nitrogens with zero attached hydrogens (tertiary/aromatic N) is 2. The molecule has 26 heavy (non-hydrogen) atoms. The van der Waals surface area contributed by atoms with E-state index in [-0.39, 0.29) is 11.8 Å². The summed E-state index contributed by atoms with van der Waals surface area (Å²) in [5.74, 6) is -0.305. The molecule has 1 fully saturated rings. The number of carbonyl (C=O) groups is 2. The summed E-state index contributed by atoms with van der Waals surface area (Å²) in [5.41, 5.74) is 3.19. The summed E-state index contributed by atoms with van der Waals surface area (Å²) in [6, 6.07) is 17.9. The van der Waals surface area contributed by atoms with E-state index in [0.29, 0.717) is 25.4 Å². The molecule has 136 valence electrons. The van der Waals surface area contributed by atoms with Gasteiger partial charge in [-0.3, -0.25) is 9.59 Å². The Morgan fingerprint density at radius 3 is 2.38 bits per heavy atom. The predicted octanol–water partition coefficient (Wildman–Crippen LogP) is 3.82. The van der Waals surface area contributed by atoms with Crippen molar-refractivity contribution in [1.29, 1.82) is 0 Å². The van der Waals surface area contributed by atoms with Gasteiger partial charge >= 0.3 is 0 Å². The van der Waals surface area contributed by atoms with Crippen molar-refractivity contribution >= 4 is 17.5 Å². The summed E-state index contributed by atoms with van der Waals surface area (Å²) in [6.45, 7) is 5.41. The van der Waals surface area contributed by atoms with E-state index in [0.717, 1.165) is 11.3 Å². The third-order valence-corrected chi connectivity index (χ3v) is 5.01. The zero-order valence-corrected chi connectivity index (χ0v) is 15.7. The van der Waals surface area contributed by atoms with Gasteiger partial charge in [-0.2, -0.15) is 0 Å². The number of carbonyl (C=O) groups excluding carboxylic acids is 2. The molecule has 1 aliphatic rings. The normalized spacial score (nSPS) is 17.0. The molecule has 0 N–H and O–H groups in total. The Balaban J connectivity index is 1.67. The fourth-order valence-corrected chi connectivity index (χ4v) is 3.41. The van der Waals surface area contributed by atoms with Gasteiger partial charge in [0.05, 0.1) is 0 Å². The lowest BCUT2D eigenvalue weighted by molar-refractivity contribution is -0.139. The van der Waals surface area contributed by atoms with Crippen LogP contribution < -0.4 is 4.90 Å². The van der Waals surface area contributed by atoms with Gasteiger partial charge in [-0.05, 0) is 35.6 Å². The van der Waals surface area contributed by atoms with Crippen LogP contribution in [-0.4, -0.2) is 30.3 Å². The minimum Gasteiger partial charge on any atom is -0.341 e. The first-order valence-corrected chi connectivity index (χ1v) is 9.17.